The fourth-order valence-electron chi connectivity index (χ4n) is 2.71. The Morgan fingerprint density at radius 1 is 1.42 bits per heavy atom. The minimum absolute atomic E-state index is 0.171. The summed E-state index contributed by atoms with van der Waals surface area (Å²) in [5.41, 5.74) is 0.576. The van der Waals surface area contributed by atoms with E-state index in [1.165, 1.54) is 0 Å². The third-order valence-corrected chi connectivity index (χ3v) is 3.83. The van der Waals surface area contributed by atoms with E-state index in [0.717, 1.165) is 36.6 Å². The average molecular weight is 259 g/mol. The Balaban J connectivity index is 1.75. The van der Waals surface area contributed by atoms with Gasteiger partial charge >= 0.3 is 0 Å². The summed E-state index contributed by atoms with van der Waals surface area (Å²) in [5.74, 6) is -0.171. The predicted octanol–water partition coefficient (Wildman–Crippen LogP) is 1.60. The second kappa shape index (κ2) is 4.66. The largest absolute Gasteiger partial charge is 0.388 e. The molecule has 1 aliphatic rings. The van der Waals surface area contributed by atoms with Crippen LogP contribution in [0.2, 0.25) is 0 Å². The number of nitrogens with zero attached hydrogens (tertiary/aromatic N) is 1. The fraction of sp³-hybridized carbons (Fsp3) is 0.429. The van der Waals surface area contributed by atoms with Crippen molar-refractivity contribution in [3.63, 3.8) is 0 Å². The van der Waals surface area contributed by atoms with Crippen LogP contribution in [-0.2, 0) is 0 Å². The summed E-state index contributed by atoms with van der Waals surface area (Å²) in [4.78, 5) is 12.2. The van der Waals surface area contributed by atoms with Crippen molar-refractivity contribution in [3.05, 3.63) is 30.0 Å². The molecule has 3 N–H and O–H groups in total. The van der Waals surface area contributed by atoms with Gasteiger partial charge in [0.15, 0.2) is 0 Å². The maximum Gasteiger partial charge on any atom is 0.253 e. The molecule has 1 saturated carbocycles. The highest BCUT2D eigenvalue weighted by Gasteiger charge is 2.31. The SMILES string of the molecule is O=C(NCC1(O)CCCC1)c1cccc2cn[nH]c12. The summed E-state index contributed by atoms with van der Waals surface area (Å²) in [7, 11) is 0. The third kappa shape index (κ3) is 2.33. The maximum atomic E-state index is 12.2. The molecule has 5 nitrogen and oxygen atoms in total. The normalized spacial score (nSPS) is 17.7. The van der Waals surface area contributed by atoms with Crippen molar-refractivity contribution >= 4 is 16.8 Å². The number of hydrogen-bond acceptors (Lipinski definition) is 3. The third-order valence-electron chi connectivity index (χ3n) is 3.83. The second-order valence-electron chi connectivity index (χ2n) is 5.25. The number of benzene rings is 1. The molecule has 0 unspecified atom stereocenters. The number of rotatable bonds is 3. The van der Waals surface area contributed by atoms with E-state index in [2.05, 4.69) is 15.5 Å². The monoisotopic (exact) mass is 259 g/mol. The molecular formula is C14H17N3O2. The number of aromatic amines is 1. The van der Waals surface area contributed by atoms with E-state index >= 15 is 0 Å². The van der Waals surface area contributed by atoms with Crippen LogP contribution in [0.15, 0.2) is 24.4 Å². The van der Waals surface area contributed by atoms with Gasteiger partial charge in [-0.25, -0.2) is 0 Å². The molecule has 0 spiro atoms. The molecule has 1 aromatic heterocycles. The van der Waals surface area contributed by atoms with Gasteiger partial charge in [0, 0.05) is 11.9 Å². The smallest absolute Gasteiger partial charge is 0.253 e. The molecule has 1 aromatic carbocycles. The van der Waals surface area contributed by atoms with Gasteiger partial charge in [0.2, 0.25) is 0 Å². The second-order valence-corrected chi connectivity index (χ2v) is 5.25. The van der Waals surface area contributed by atoms with Crippen molar-refractivity contribution in [1.29, 1.82) is 0 Å². The Labute approximate surface area is 111 Å². The first kappa shape index (κ1) is 12.2. The summed E-state index contributed by atoms with van der Waals surface area (Å²) in [5, 5.41) is 20.7. The van der Waals surface area contributed by atoms with E-state index in [0.29, 0.717) is 12.1 Å². The van der Waals surface area contributed by atoms with Gasteiger partial charge in [0.05, 0.1) is 22.9 Å². The summed E-state index contributed by atoms with van der Waals surface area (Å²) < 4.78 is 0. The van der Waals surface area contributed by atoms with Gasteiger partial charge in [-0.05, 0) is 18.9 Å². The molecule has 0 radical (unpaired) electrons. The number of nitrogens with one attached hydrogen (secondary N) is 2. The van der Waals surface area contributed by atoms with Crippen LogP contribution < -0.4 is 5.32 Å². The molecule has 0 saturated heterocycles. The Kier molecular flexibility index (Phi) is 2.98. The molecule has 0 atom stereocenters. The molecule has 1 heterocycles. The Bertz CT molecular complexity index is 600. The van der Waals surface area contributed by atoms with Gasteiger partial charge in [-0.3, -0.25) is 9.89 Å². The van der Waals surface area contributed by atoms with Crippen LogP contribution in [0.3, 0.4) is 0 Å². The lowest BCUT2D eigenvalue weighted by atomic mass is 10.0. The molecule has 5 heteroatoms. The zero-order valence-electron chi connectivity index (χ0n) is 10.6. The first-order chi connectivity index (χ1) is 9.18. The molecule has 19 heavy (non-hydrogen) atoms. The van der Waals surface area contributed by atoms with Gasteiger partial charge in [0.1, 0.15) is 0 Å². The zero-order valence-corrected chi connectivity index (χ0v) is 10.6. The van der Waals surface area contributed by atoms with Crippen molar-refractivity contribution in [2.24, 2.45) is 0 Å². The first-order valence-corrected chi connectivity index (χ1v) is 6.61. The molecule has 1 amide bonds. The van der Waals surface area contributed by atoms with Gasteiger partial charge < -0.3 is 10.4 Å². The Hall–Kier alpha value is -1.88. The molecular weight excluding hydrogens is 242 g/mol. The van der Waals surface area contributed by atoms with E-state index in [-0.39, 0.29) is 5.91 Å². The first-order valence-electron chi connectivity index (χ1n) is 6.61. The highest BCUT2D eigenvalue weighted by atomic mass is 16.3. The lowest BCUT2D eigenvalue weighted by Gasteiger charge is -2.22. The molecule has 0 bridgehead atoms. The Morgan fingerprint density at radius 2 is 2.21 bits per heavy atom. The fourth-order valence-corrected chi connectivity index (χ4v) is 2.71. The van der Waals surface area contributed by atoms with E-state index in [1.54, 1.807) is 12.3 Å². The van der Waals surface area contributed by atoms with E-state index < -0.39 is 5.60 Å². The van der Waals surface area contributed by atoms with Gasteiger partial charge in [-0.1, -0.05) is 25.0 Å². The van der Waals surface area contributed by atoms with Gasteiger partial charge in [-0.15, -0.1) is 0 Å². The Morgan fingerprint density at radius 3 is 3.00 bits per heavy atom. The number of fused-ring (bicyclic) bond motifs is 1. The molecule has 0 aliphatic heterocycles. The number of H-pyrrole nitrogens is 1. The number of para-hydroxylation sites is 1. The summed E-state index contributed by atoms with van der Waals surface area (Å²) in [6.45, 7) is 0.316. The average Bonchev–Trinajstić information content (AvgIpc) is 3.04. The predicted molar refractivity (Wildman–Crippen MR) is 71.8 cm³/mol. The lowest BCUT2D eigenvalue weighted by Crippen LogP contribution is -2.40. The number of amides is 1. The number of aromatic nitrogens is 2. The standard InChI is InChI=1S/C14H17N3O2/c18-13(15-9-14(19)6-1-2-7-14)11-5-3-4-10-8-16-17-12(10)11/h3-5,8,19H,1-2,6-7,9H2,(H,15,18)(H,16,17). The number of carbonyl (C=O) groups excluding carboxylic acids is 1. The van der Waals surface area contributed by atoms with Crippen molar-refractivity contribution < 1.29 is 9.90 Å². The minimum Gasteiger partial charge on any atom is -0.388 e. The summed E-state index contributed by atoms with van der Waals surface area (Å²) in [6, 6.07) is 5.49. The van der Waals surface area contributed by atoms with Crippen LogP contribution >= 0.6 is 0 Å². The van der Waals surface area contributed by atoms with E-state index in [9.17, 15) is 9.90 Å². The van der Waals surface area contributed by atoms with Crippen molar-refractivity contribution in [1.82, 2.24) is 15.5 Å². The van der Waals surface area contributed by atoms with E-state index in [1.807, 2.05) is 12.1 Å². The van der Waals surface area contributed by atoms with Gasteiger partial charge in [0.25, 0.3) is 5.91 Å². The van der Waals surface area contributed by atoms with Crippen LogP contribution in [-0.4, -0.2) is 33.4 Å². The molecule has 3 rings (SSSR count). The molecule has 100 valence electrons. The number of aliphatic hydroxyl groups is 1. The van der Waals surface area contributed by atoms with Crippen molar-refractivity contribution in [3.8, 4) is 0 Å². The zero-order chi connectivity index (χ0) is 13.3. The van der Waals surface area contributed by atoms with Crippen LogP contribution in [0.1, 0.15) is 36.0 Å². The van der Waals surface area contributed by atoms with Crippen LogP contribution in [0.5, 0.6) is 0 Å². The lowest BCUT2D eigenvalue weighted by molar-refractivity contribution is 0.0450. The quantitative estimate of drug-likeness (QED) is 0.783. The highest BCUT2D eigenvalue weighted by Crippen LogP contribution is 2.28. The van der Waals surface area contributed by atoms with Crippen LogP contribution in [0, 0.1) is 0 Å². The molecule has 2 aromatic rings. The number of hydrogen-bond donors (Lipinski definition) is 3. The van der Waals surface area contributed by atoms with Crippen molar-refractivity contribution in [2.75, 3.05) is 6.54 Å². The summed E-state index contributed by atoms with van der Waals surface area (Å²) >= 11 is 0. The maximum absolute atomic E-state index is 12.2. The molecule has 1 fully saturated rings. The van der Waals surface area contributed by atoms with Crippen molar-refractivity contribution in [2.45, 2.75) is 31.3 Å². The highest BCUT2D eigenvalue weighted by molar-refractivity contribution is 6.05. The van der Waals surface area contributed by atoms with Crippen LogP contribution in [0.25, 0.3) is 10.9 Å². The topological polar surface area (TPSA) is 78.0 Å². The minimum atomic E-state index is -0.725. The van der Waals surface area contributed by atoms with E-state index in [4.69, 9.17) is 0 Å². The van der Waals surface area contributed by atoms with Gasteiger partial charge in [-0.2, -0.15) is 5.10 Å². The number of carbonyl (C=O) groups is 1. The van der Waals surface area contributed by atoms with Crippen LogP contribution in [0.4, 0.5) is 0 Å². The molecule has 1 aliphatic carbocycles. The summed E-state index contributed by atoms with van der Waals surface area (Å²) in [6.07, 6.45) is 5.28.